The number of halogens is 2. The maximum absolute atomic E-state index is 13.8. The van der Waals surface area contributed by atoms with Crippen LogP contribution in [0, 0.1) is 5.82 Å². The third-order valence-corrected chi connectivity index (χ3v) is 6.12. The zero-order chi connectivity index (χ0) is 19.1. The van der Waals surface area contributed by atoms with Crippen LogP contribution in [0.3, 0.4) is 0 Å². The van der Waals surface area contributed by atoms with Crippen molar-refractivity contribution in [1.29, 1.82) is 0 Å². The molecule has 0 bridgehead atoms. The molecule has 1 aromatic rings. The molecule has 0 aliphatic carbocycles. The monoisotopic (exact) mass is 504 g/mol. The van der Waals surface area contributed by atoms with Gasteiger partial charge in [-0.05, 0) is 56.5 Å². The van der Waals surface area contributed by atoms with Gasteiger partial charge in [0.25, 0.3) is 0 Å². The molecule has 2 heterocycles. The highest BCUT2D eigenvalue weighted by Gasteiger charge is 2.35. The minimum Gasteiger partial charge on any atom is -0.381 e. The summed E-state index contributed by atoms with van der Waals surface area (Å²) in [4.78, 5) is 6.92. The fourth-order valence-electron chi connectivity index (χ4n) is 4.38. The van der Waals surface area contributed by atoms with Crippen LogP contribution >= 0.6 is 24.0 Å². The summed E-state index contributed by atoms with van der Waals surface area (Å²) >= 11 is 0. The van der Waals surface area contributed by atoms with Crippen molar-refractivity contribution in [3.05, 3.63) is 35.6 Å². The van der Waals surface area contributed by atoms with Crippen molar-refractivity contribution in [3.63, 3.8) is 0 Å². The van der Waals surface area contributed by atoms with Gasteiger partial charge in [-0.25, -0.2) is 4.39 Å². The predicted octanol–water partition coefficient (Wildman–Crippen LogP) is 3.14. The van der Waals surface area contributed by atoms with Crippen LogP contribution in [0.1, 0.15) is 38.2 Å². The largest absolute Gasteiger partial charge is 0.381 e. The summed E-state index contributed by atoms with van der Waals surface area (Å²) in [7, 11) is 1.81. The van der Waals surface area contributed by atoms with E-state index in [1.165, 1.54) is 25.5 Å². The van der Waals surface area contributed by atoms with Crippen molar-refractivity contribution in [2.24, 2.45) is 4.99 Å². The van der Waals surface area contributed by atoms with Crippen LogP contribution in [-0.4, -0.2) is 63.3 Å². The SMILES string of the molecule is CCN1CCCC1CNC(=NC)NCC1(c2cccc(F)c2)CCOCC1.I. The molecule has 0 spiro atoms. The van der Waals surface area contributed by atoms with E-state index in [-0.39, 0.29) is 35.2 Å². The Labute approximate surface area is 185 Å². The summed E-state index contributed by atoms with van der Waals surface area (Å²) in [6, 6.07) is 7.58. The molecule has 3 rings (SSSR count). The molecule has 0 amide bonds. The van der Waals surface area contributed by atoms with Crippen LogP contribution in [0.4, 0.5) is 4.39 Å². The van der Waals surface area contributed by atoms with Crippen LogP contribution in [0.5, 0.6) is 0 Å². The van der Waals surface area contributed by atoms with Gasteiger partial charge >= 0.3 is 0 Å². The van der Waals surface area contributed by atoms with Crippen molar-refractivity contribution in [3.8, 4) is 0 Å². The van der Waals surface area contributed by atoms with E-state index in [2.05, 4.69) is 27.4 Å². The van der Waals surface area contributed by atoms with Gasteiger partial charge < -0.3 is 15.4 Å². The Kier molecular flexibility index (Phi) is 9.43. The maximum Gasteiger partial charge on any atom is 0.191 e. The van der Waals surface area contributed by atoms with Gasteiger partial charge in [-0.1, -0.05) is 19.1 Å². The smallest absolute Gasteiger partial charge is 0.191 e. The number of rotatable bonds is 6. The molecule has 28 heavy (non-hydrogen) atoms. The van der Waals surface area contributed by atoms with Gasteiger partial charge in [0, 0.05) is 44.8 Å². The summed E-state index contributed by atoms with van der Waals surface area (Å²) in [5, 5.41) is 6.98. The fourth-order valence-corrected chi connectivity index (χ4v) is 4.38. The van der Waals surface area contributed by atoms with E-state index in [1.54, 1.807) is 19.2 Å². The molecule has 158 valence electrons. The molecule has 2 N–H and O–H groups in total. The van der Waals surface area contributed by atoms with Crippen LogP contribution in [0.2, 0.25) is 0 Å². The highest BCUT2D eigenvalue weighted by atomic mass is 127. The van der Waals surface area contributed by atoms with E-state index in [1.807, 2.05) is 6.07 Å². The Bertz CT molecular complexity index is 637. The molecule has 2 saturated heterocycles. The van der Waals surface area contributed by atoms with Gasteiger partial charge in [-0.15, -0.1) is 24.0 Å². The Morgan fingerprint density at radius 2 is 2.11 bits per heavy atom. The number of nitrogens with zero attached hydrogens (tertiary/aromatic N) is 2. The molecule has 2 aliphatic rings. The quantitative estimate of drug-likeness (QED) is 0.355. The number of nitrogens with one attached hydrogen (secondary N) is 2. The highest BCUT2D eigenvalue weighted by molar-refractivity contribution is 14.0. The zero-order valence-corrected chi connectivity index (χ0v) is 19.4. The molecule has 0 saturated carbocycles. The molecule has 1 aromatic carbocycles. The first kappa shape index (κ1) is 23.3. The number of hydrogen-bond acceptors (Lipinski definition) is 3. The summed E-state index contributed by atoms with van der Waals surface area (Å²) in [6.07, 6.45) is 4.27. The first-order valence-electron chi connectivity index (χ1n) is 10.2. The average molecular weight is 504 g/mol. The predicted molar refractivity (Wildman–Crippen MR) is 123 cm³/mol. The Hall–Kier alpha value is -0.930. The van der Waals surface area contributed by atoms with Crippen molar-refractivity contribution in [1.82, 2.24) is 15.5 Å². The van der Waals surface area contributed by atoms with Gasteiger partial charge in [-0.3, -0.25) is 9.89 Å². The van der Waals surface area contributed by atoms with Gasteiger partial charge in [0.05, 0.1) is 0 Å². The van der Waals surface area contributed by atoms with Crippen LogP contribution in [0.25, 0.3) is 0 Å². The van der Waals surface area contributed by atoms with E-state index >= 15 is 0 Å². The molecule has 5 nitrogen and oxygen atoms in total. The second-order valence-corrected chi connectivity index (χ2v) is 7.63. The summed E-state index contributed by atoms with van der Waals surface area (Å²) < 4.78 is 19.4. The minimum atomic E-state index is -0.179. The number of likely N-dealkylation sites (N-methyl/N-ethyl adjacent to an activating group) is 1. The lowest BCUT2D eigenvalue weighted by atomic mass is 9.74. The third-order valence-electron chi connectivity index (χ3n) is 6.12. The van der Waals surface area contributed by atoms with E-state index in [4.69, 9.17) is 4.74 Å². The number of benzene rings is 1. The van der Waals surface area contributed by atoms with Crippen molar-refractivity contribution >= 4 is 29.9 Å². The fraction of sp³-hybridized carbons (Fsp3) is 0.667. The first-order valence-corrected chi connectivity index (χ1v) is 10.2. The van der Waals surface area contributed by atoms with Crippen molar-refractivity contribution in [2.45, 2.75) is 44.1 Å². The molecule has 0 aromatic heterocycles. The van der Waals surface area contributed by atoms with Gasteiger partial charge in [0.2, 0.25) is 0 Å². The van der Waals surface area contributed by atoms with E-state index in [0.29, 0.717) is 19.3 Å². The number of hydrogen-bond donors (Lipinski definition) is 2. The lowest BCUT2D eigenvalue weighted by Gasteiger charge is -2.38. The molecule has 0 radical (unpaired) electrons. The maximum atomic E-state index is 13.8. The molecule has 2 fully saturated rings. The summed E-state index contributed by atoms with van der Waals surface area (Å²) in [5.41, 5.74) is 0.919. The van der Waals surface area contributed by atoms with E-state index in [0.717, 1.165) is 44.0 Å². The summed E-state index contributed by atoms with van der Waals surface area (Å²) in [5.74, 6) is 0.641. The molecule has 1 atom stereocenters. The number of ether oxygens (including phenoxy) is 1. The van der Waals surface area contributed by atoms with Gasteiger partial charge in [-0.2, -0.15) is 0 Å². The van der Waals surface area contributed by atoms with Crippen LogP contribution in [-0.2, 0) is 10.2 Å². The molecular formula is C21H34FIN4O. The van der Waals surface area contributed by atoms with Gasteiger partial charge in [0.15, 0.2) is 5.96 Å². The molecule has 1 unspecified atom stereocenters. The van der Waals surface area contributed by atoms with Gasteiger partial charge in [0.1, 0.15) is 5.82 Å². The highest BCUT2D eigenvalue weighted by Crippen LogP contribution is 2.34. The molecule has 7 heteroatoms. The van der Waals surface area contributed by atoms with Crippen molar-refractivity contribution in [2.75, 3.05) is 46.4 Å². The van der Waals surface area contributed by atoms with Crippen LogP contribution in [0.15, 0.2) is 29.3 Å². The number of aliphatic imine (C=N–C) groups is 1. The normalized spacial score (nSPS) is 22.5. The minimum absolute atomic E-state index is 0. The summed E-state index contributed by atoms with van der Waals surface area (Å²) in [6.45, 7) is 7.55. The second-order valence-electron chi connectivity index (χ2n) is 7.63. The Balaban J connectivity index is 0.00000280. The third kappa shape index (κ3) is 5.79. The lowest BCUT2D eigenvalue weighted by molar-refractivity contribution is 0.0512. The lowest BCUT2D eigenvalue weighted by Crippen LogP contribution is -2.50. The molecular weight excluding hydrogens is 470 g/mol. The van der Waals surface area contributed by atoms with E-state index in [9.17, 15) is 4.39 Å². The second kappa shape index (κ2) is 11.3. The number of guanidine groups is 1. The Morgan fingerprint density at radius 3 is 2.79 bits per heavy atom. The number of likely N-dealkylation sites (tertiary alicyclic amines) is 1. The Morgan fingerprint density at radius 1 is 1.32 bits per heavy atom. The first-order chi connectivity index (χ1) is 13.2. The van der Waals surface area contributed by atoms with Crippen LogP contribution < -0.4 is 10.6 Å². The average Bonchev–Trinajstić information content (AvgIpc) is 3.16. The van der Waals surface area contributed by atoms with Crippen molar-refractivity contribution < 1.29 is 9.13 Å². The standard InChI is InChI=1S/C21H33FN4O.HI/c1-3-26-11-5-8-19(26)15-24-20(23-2)25-16-21(9-12-27-13-10-21)17-6-4-7-18(22)14-17;/h4,6-7,14,19H,3,5,8-13,15-16H2,1-2H3,(H2,23,24,25);1H. The topological polar surface area (TPSA) is 48.9 Å². The molecule has 2 aliphatic heterocycles. The van der Waals surface area contributed by atoms with E-state index < -0.39 is 0 Å². The zero-order valence-electron chi connectivity index (χ0n) is 17.0.